The molecular weight excluding hydrogens is 685 g/mol. The predicted molar refractivity (Wildman–Crippen MR) is 248 cm³/mol. The normalized spacial score (nSPS) is 14.4. The molecule has 0 bridgehead atoms. The van der Waals surface area contributed by atoms with Crippen molar-refractivity contribution >= 4 is 54.2 Å². The summed E-state index contributed by atoms with van der Waals surface area (Å²) < 4.78 is 0. The van der Waals surface area contributed by atoms with Crippen LogP contribution in [0.2, 0.25) is 0 Å². The highest BCUT2D eigenvalue weighted by Gasteiger charge is 2.24. The van der Waals surface area contributed by atoms with E-state index in [1.807, 2.05) is 0 Å². The van der Waals surface area contributed by atoms with Crippen LogP contribution in [0.4, 0.5) is 0 Å². The molecule has 0 aromatic heterocycles. The number of benzene rings is 9. The zero-order chi connectivity index (χ0) is 38.6. The third kappa shape index (κ3) is 5.82. The molecule has 0 N–H and O–H groups in total. The molecule has 0 fully saturated rings. The van der Waals surface area contributed by atoms with E-state index in [1.165, 1.54) is 115 Å². The second-order valence-corrected chi connectivity index (χ2v) is 16.0. The molecule has 9 aromatic rings. The molecule has 1 aliphatic carbocycles. The molecule has 57 heavy (non-hydrogen) atoms. The van der Waals surface area contributed by atoms with Crippen molar-refractivity contribution in [3.8, 4) is 33.4 Å². The Hall–Kier alpha value is -6.50. The van der Waals surface area contributed by atoms with Gasteiger partial charge in [-0.05, 0) is 155 Å². The van der Waals surface area contributed by atoms with E-state index in [0.717, 1.165) is 12.8 Å². The van der Waals surface area contributed by atoms with E-state index in [-0.39, 0.29) is 0 Å². The first-order chi connectivity index (χ1) is 28.0. The molecule has 0 amide bonds. The fraction of sp³-hybridized carbons (Fsp3) is 0.123. The minimum Gasteiger partial charge on any atom is -0.0833 e. The average Bonchev–Trinajstić information content (AvgIpc) is 3.24. The van der Waals surface area contributed by atoms with Gasteiger partial charge in [-0.1, -0.05) is 182 Å². The maximum absolute atomic E-state index is 2.45. The van der Waals surface area contributed by atoms with Crippen LogP contribution in [-0.4, -0.2) is 0 Å². The second kappa shape index (κ2) is 14.2. The molecule has 10 rings (SSSR count). The van der Waals surface area contributed by atoms with Gasteiger partial charge < -0.3 is 0 Å². The van der Waals surface area contributed by atoms with Crippen LogP contribution in [0.25, 0.3) is 87.6 Å². The molecule has 0 saturated carbocycles. The van der Waals surface area contributed by atoms with E-state index in [2.05, 4.69) is 204 Å². The number of fused-ring (bicyclic) bond motifs is 4. The molecule has 1 unspecified atom stereocenters. The third-order valence-corrected chi connectivity index (χ3v) is 12.5. The third-order valence-electron chi connectivity index (χ3n) is 12.5. The Balaban J connectivity index is 1.21. The summed E-state index contributed by atoms with van der Waals surface area (Å²) in [5.41, 5.74) is 17.1. The summed E-state index contributed by atoms with van der Waals surface area (Å²) in [4.78, 5) is 0. The predicted octanol–water partition coefficient (Wildman–Crippen LogP) is 16.1. The lowest BCUT2D eigenvalue weighted by atomic mass is 9.77. The van der Waals surface area contributed by atoms with Crippen LogP contribution < -0.4 is 0 Å². The first-order valence-corrected chi connectivity index (χ1v) is 20.5. The first-order valence-electron chi connectivity index (χ1n) is 20.5. The number of rotatable bonds is 6. The fourth-order valence-corrected chi connectivity index (χ4v) is 10.1. The molecule has 0 spiro atoms. The Kier molecular flexibility index (Phi) is 8.72. The van der Waals surface area contributed by atoms with Crippen molar-refractivity contribution in [2.24, 2.45) is 5.92 Å². The van der Waals surface area contributed by atoms with Crippen LogP contribution in [0.1, 0.15) is 47.6 Å². The van der Waals surface area contributed by atoms with Gasteiger partial charge in [-0.2, -0.15) is 0 Å². The van der Waals surface area contributed by atoms with Crippen LogP contribution in [0.15, 0.2) is 176 Å². The van der Waals surface area contributed by atoms with E-state index >= 15 is 0 Å². The quantitative estimate of drug-likeness (QED) is 0.149. The minimum absolute atomic E-state index is 0.459. The van der Waals surface area contributed by atoms with Gasteiger partial charge in [0.25, 0.3) is 0 Å². The molecule has 1 atom stereocenters. The van der Waals surface area contributed by atoms with Crippen molar-refractivity contribution < 1.29 is 0 Å². The lowest BCUT2D eigenvalue weighted by Crippen LogP contribution is -2.08. The summed E-state index contributed by atoms with van der Waals surface area (Å²) >= 11 is 0. The number of hydrogen-bond donors (Lipinski definition) is 0. The number of aryl methyl sites for hydroxylation is 3. The number of allylic oxidation sites excluding steroid dienone is 4. The van der Waals surface area contributed by atoms with Crippen molar-refractivity contribution in [3.63, 3.8) is 0 Å². The van der Waals surface area contributed by atoms with E-state index in [0.29, 0.717) is 5.92 Å². The van der Waals surface area contributed by atoms with Gasteiger partial charge in [-0.15, -0.1) is 0 Å². The maximum Gasteiger partial charge on any atom is -0.00201 e. The fourth-order valence-electron chi connectivity index (χ4n) is 10.1. The molecule has 0 aliphatic heterocycles. The van der Waals surface area contributed by atoms with E-state index in [4.69, 9.17) is 0 Å². The van der Waals surface area contributed by atoms with Crippen LogP contribution in [-0.2, 0) is 0 Å². The van der Waals surface area contributed by atoms with Crippen molar-refractivity contribution in [2.45, 2.75) is 40.5 Å². The number of hydrogen-bond acceptors (Lipinski definition) is 0. The van der Waals surface area contributed by atoms with Crippen molar-refractivity contribution in [2.75, 3.05) is 0 Å². The highest BCUT2D eigenvalue weighted by atomic mass is 14.3. The summed E-state index contributed by atoms with van der Waals surface area (Å²) in [5, 5.41) is 10.3. The molecular formula is C57H46. The molecule has 0 saturated heterocycles. The first kappa shape index (κ1) is 35.0. The highest BCUT2D eigenvalue weighted by Crippen LogP contribution is 2.48. The molecule has 0 nitrogen and oxygen atoms in total. The molecule has 274 valence electrons. The standard InChI is InChI=1S/C57H46/c1-5-39-18-13-27-44(55(39)47-30-14-19-40-17-6-7-22-43(40)47)41-20-12-21-42(35-41)56-50-23-8-10-25-52(50)57(53-26-11-9-24-51(53)56)49-32-16-28-45-46(49)29-15-31-48(45)54-37(3)33-36(2)34-38(54)4/h6-17,19-35,39H,5,18H2,1-4H3. The zero-order valence-electron chi connectivity index (χ0n) is 33.2. The van der Waals surface area contributed by atoms with E-state index in [9.17, 15) is 0 Å². The minimum atomic E-state index is 0.459. The SMILES string of the molecule is CCC1CC=CC(c2cccc(-c3c4ccccc4c(-c4cccc5c(-c6c(C)cc(C)cc6C)cccc45)c4ccccc34)c2)=C1c1cccc2ccccc12. The molecule has 0 radical (unpaired) electrons. The highest BCUT2D eigenvalue weighted by molar-refractivity contribution is 6.24. The molecule has 0 heteroatoms. The Bertz CT molecular complexity index is 3030. The monoisotopic (exact) mass is 730 g/mol. The lowest BCUT2D eigenvalue weighted by molar-refractivity contribution is 0.654. The summed E-state index contributed by atoms with van der Waals surface area (Å²) in [5.74, 6) is 0.459. The van der Waals surface area contributed by atoms with Crippen molar-refractivity contribution in [1.82, 2.24) is 0 Å². The van der Waals surface area contributed by atoms with E-state index in [1.54, 1.807) is 0 Å². The van der Waals surface area contributed by atoms with Gasteiger partial charge in [0.15, 0.2) is 0 Å². The summed E-state index contributed by atoms with van der Waals surface area (Å²) in [7, 11) is 0. The van der Waals surface area contributed by atoms with Gasteiger partial charge in [0.05, 0.1) is 0 Å². The summed E-state index contributed by atoms with van der Waals surface area (Å²) in [6, 6.07) is 61.5. The molecule has 1 aliphatic rings. The smallest absolute Gasteiger partial charge is 0.00201 e. The Morgan fingerprint density at radius 3 is 1.58 bits per heavy atom. The van der Waals surface area contributed by atoms with Crippen molar-refractivity contribution in [3.05, 3.63) is 204 Å². The molecule has 9 aromatic carbocycles. The van der Waals surface area contributed by atoms with Gasteiger partial charge in [0.2, 0.25) is 0 Å². The van der Waals surface area contributed by atoms with Gasteiger partial charge >= 0.3 is 0 Å². The van der Waals surface area contributed by atoms with Gasteiger partial charge in [0, 0.05) is 0 Å². The summed E-state index contributed by atoms with van der Waals surface area (Å²) in [6.45, 7) is 9.03. The van der Waals surface area contributed by atoms with Crippen molar-refractivity contribution in [1.29, 1.82) is 0 Å². The largest absolute Gasteiger partial charge is 0.0833 e. The Morgan fingerprint density at radius 2 is 0.930 bits per heavy atom. The van der Waals surface area contributed by atoms with Gasteiger partial charge in [-0.25, -0.2) is 0 Å². The average molecular weight is 731 g/mol. The molecule has 0 heterocycles. The topological polar surface area (TPSA) is 0 Å². The summed E-state index contributed by atoms with van der Waals surface area (Å²) in [6.07, 6.45) is 6.94. The van der Waals surface area contributed by atoms with Crippen LogP contribution in [0.3, 0.4) is 0 Å². The zero-order valence-corrected chi connectivity index (χ0v) is 33.2. The Morgan fingerprint density at radius 1 is 0.439 bits per heavy atom. The van der Waals surface area contributed by atoms with Crippen LogP contribution >= 0.6 is 0 Å². The lowest BCUT2D eigenvalue weighted by Gasteiger charge is -2.27. The Labute approximate surface area is 336 Å². The van der Waals surface area contributed by atoms with Gasteiger partial charge in [0.1, 0.15) is 0 Å². The second-order valence-electron chi connectivity index (χ2n) is 16.0. The van der Waals surface area contributed by atoms with Gasteiger partial charge in [-0.3, -0.25) is 0 Å². The van der Waals surface area contributed by atoms with Crippen LogP contribution in [0.5, 0.6) is 0 Å². The van der Waals surface area contributed by atoms with Crippen LogP contribution in [0, 0.1) is 26.7 Å². The van der Waals surface area contributed by atoms with E-state index < -0.39 is 0 Å². The maximum atomic E-state index is 2.45.